The van der Waals surface area contributed by atoms with E-state index in [1.165, 1.54) is 18.3 Å². The van der Waals surface area contributed by atoms with Gasteiger partial charge in [0.15, 0.2) is 5.78 Å². The number of aryl methyl sites for hydroxylation is 1. The van der Waals surface area contributed by atoms with Crippen LogP contribution in [0, 0.1) is 6.92 Å². The average molecular weight is 400 g/mol. The highest BCUT2D eigenvalue weighted by atomic mass is 35.5. The number of halogens is 1. The predicted octanol–water partition coefficient (Wildman–Crippen LogP) is 5.74. The molecular formula is C21H18ClNO3S. The summed E-state index contributed by atoms with van der Waals surface area (Å²) < 4.78 is 5.76. The zero-order chi connectivity index (χ0) is 19.4. The van der Waals surface area contributed by atoms with Gasteiger partial charge in [-0.15, -0.1) is 11.3 Å². The molecule has 0 unspecified atom stereocenters. The molecule has 1 N–H and O–H groups in total. The number of hydrogen-bond donors (Lipinski definition) is 1. The molecule has 0 saturated carbocycles. The van der Waals surface area contributed by atoms with E-state index in [-0.39, 0.29) is 11.7 Å². The molecule has 0 fully saturated rings. The lowest BCUT2D eigenvalue weighted by molar-refractivity contribution is 0.101. The predicted molar refractivity (Wildman–Crippen MR) is 109 cm³/mol. The molecule has 1 aromatic heterocycles. The number of hydrogen-bond acceptors (Lipinski definition) is 4. The first-order valence-electron chi connectivity index (χ1n) is 8.31. The van der Waals surface area contributed by atoms with Crippen molar-refractivity contribution in [1.29, 1.82) is 0 Å². The van der Waals surface area contributed by atoms with Gasteiger partial charge in [-0.05, 0) is 67.3 Å². The summed E-state index contributed by atoms with van der Waals surface area (Å²) in [6.07, 6.45) is 0. The van der Waals surface area contributed by atoms with Crippen LogP contribution in [0.4, 0.5) is 5.69 Å². The third kappa shape index (κ3) is 4.96. The van der Waals surface area contributed by atoms with E-state index in [0.29, 0.717) is 33.5 Å². The van der Waals surface area contributed by atoms with E-state index in [4.69, 9.17) is 16.3 Å². The zero-order valence-corrected chi connectivity index (χ0v) is 16.5. The molecule has 0 atom stereocenters. The third-order valence-corrected chi connectivity index (χ3v) is 5.20. The number of thiophene rings is 1. The molecule has 0 bridgehead atoms. The second-order valence-corrected chi connectivity index (χ2v) is 7.45. The van der Waals surface area contributed by atoms with Crippen LogP contribution in [-0.4, -0.2) is 11.7 Å². The van der Waals surface area contributed by atoms with E-state index < -0.39 is 0 Å². The van der Waals surface area contributed by atoms with Crippen LogP contribution in [0.1, 0.15) is 38.1 Å². The van der Waals surface area contributed by atoms with Gasteiger partial charge < -0.3 is 10.1 Å². The topological polar surface area (TPSA) is 55.4 Å². The summed E-state index contributed by atoms with van der Waals surface area (Å²) in [6, 6.07) is 14.2. The average Bonchev–Trinajstić information content (AvgIpc) is 3.12. The van der Waals surface area contributed by atoms with Gasteiger partial charge in [0.05, 0.1) is 9.90 Å². The van der Waals surface area contributed by atoms with Crippen molar-refractivity contribution in [2.45, 2.75) is 20.5 Å². The van der Waals surface area contributed by atoms with Crippen molar-refractivity contribution < 1.29 is 14.3 Å². The molecule has 0 aliphatic heterocycles. The van der Waals surface area contributed by atoms with Crippen LogP contribution >= 0.6 is 22.9 Å². The highest BCUT2D eigenvalue weighted by Gasteiger charge is 2.11. The maximum Gasteiger partial charge on any atom is 0.265 e. The van der Waals surface area contributed by atoms with Crippen LogP contribution < -0.4 is 10.1 Å². The number of rotatable bonds is 6. The molecule has 1 amide bonds. The lowest BCUT2D eigenvalue weighted by Crippen LogP contribution is -2.10. The Balaban J connectivity index is 1.61. The Morgan fingerprint density at radius 1 is 1.11 bits per heavy atom. The number of ketones is 1. The maximum atomic E-state index is 12.4. The standard InChI is InChI=1S/C21H18ClNO3S/c1-13-3-8-18(22)19(9-13)26-11-15-10-20(27-12-15)21(25)23-17-6-4-16(5-7-17)14(2)24/h3-10,12H,11H2,1-2H3,(H,23,25). The van der Waals surface area contributed by atoms with Crippen LogP contribution in [0.15, 0.2) is 53.9 Å². The number of anilines is 1. The molecule has 0 saturated heterocycles. The molecule has 27 heavy (non-hydrogen) atoms. The van der Waals surface area contributed by atoms with E-state index in [1.54, 1.807) is 36.4 Å². The largest absolute Gasteiger partial charge is 0.487 e. The van der Waals surface area contributed by atoms with Gasteiger partial charge >= 0.3 is 0 Å². The van der Waals surface area contributed by atoms with Gasteiger partial charge in [-0.25, -0.2) is 0 Å². The van der Waals surface area contributed by atoms with Gasteiger partial charge in [0.25, 0.3) is 5.91 Å². The van der Waals surface area contributed by atoms with Crippen LogP contribution in [0.3, 0.4) is 0 Å². The summed E-state index contributed by atoms with van der Waals surface area (Å²) in [4.78, 5) is 24.3. The maximum absolute atomic E-state index is 12.4. The molecule has 1 heterocycles. The van der Waals surface area contributed by atoms with Crippen molar-refractivity contribution in [3.05, 3.63) is 80.5 Å². The monoisotopic (exact) mass is 399 g/mol. The molecule has 0 radical (unpaired) electrons. The van der Waals surface area contributed by atoms with Crippen LogP contribution in [0.25, 0.3) is 0 Å². The summed E-state index contributed by atoms with van der Waals surface area (Å²) >= 11 is 7.48. The minimum atomic E-state index is -0.199. The van der Waals surface area contributed by atoms with Crippen LogP contribution in [0.2, 0.25) is 5.02 Å². The summed E-state index contributed by atoms with van der Waals surface area (Å²) in [5.41, 5.74) is 3.21. The first-order valence-corrected chi connectivity index (χ1v) is 9.57. The van der Waals surface area contributed by atoms with Gasteiger partial charge in [-0.3, -0.25) is 9.59 Å². The van der Waals surface area contributed by atoms with Gasteiger partial charge in [0.1, 0.15) is 12.4 Å². The molecule has 4 nitrogen and oxygen atoms in total. The van der Waals surface area contributed by atoms with Crippen molar-refractivity contribution >= 4 is 40.3 Å². The number of Topliss-reactive ketones (excluding diaryl/α,β-unsaturated/α-hetero) is 1. The number of nitrogens with one attached hydrogen (secondary N) is 1. The first kappa shape index (κ1) is 19.1. The Labute approximate surface area is 166 Å². The van der Waals surface area contributed by atoms with Gasteiger partial charge in [0.2, 0.25) is 0 Å². The molecule has 138 valence electrons. The fourth-order valence-electron chi connectivity index (χ4n) is 2.43. The number of ether oxygens (including phenoxy) is 1. The highest BCUT2D eigenvalue weighted by Crippen LogP contribution is 2.27. The Morgan fingerprint density at radius 3 is 2.56 bits per heavy atom. The van der Waals surface area contributed by atoms with E-state index in [1.807, 2.05) is 24.4 Å². The lowest BCUT2D eigenvalue weighted by atomic mass is 10.1. The van der Waals surface area contributed by atoms with Crippen molar-refractivity contribution in [2.24, 2.45) is 0 Å². The first-order chi connectivity index (χ1) is 12.9. The molecular weight excluding hydrogens is 382 g/mol. The molecule has 6 heteroatoms. The minimum Gasteiger partial charge on any atom is -0.487 e. The zero-order valence-electron chi connectivity index (χ0n) is 14.9. The van der Waals surface area contributed by atoms with Gasteiger partial charge in [-0.2, -0.15) is 0 Å². The van der Waals surface area contributed by atoms with Crippen LogP contribution in [0.5, 0.6) is 5.75 Å². The number of benzene rings is 2. The molecule has 3 rings (SSSR count). The second-order valence-electron chi connectivity index (χ2n) is 6.13. The smallest absolute Gasteiger partial charge is 0.265 e. The van der Waals surface area contributed by atoms with Crippen LogP contribution in [-0.2, 0) is 6.61 Å². The lowest BCUT2D eigenvalue weighted by Gasteiger charge is -2.07. The van der Waals surface area contributed by atoms with E-state index in [0.717, 1.165) is 11.1 Å². The van der Waals surface area contributed by atoms with E-state index in [9.17, 15) is 9.59 Å². The number of carbonyl (C=O) groups is 2. The SMILES string of the molecule is CC(=O)c1ccc(NC(=O)c2cc(COc3cc(C)ccc3Cl)cs2)cc1. The minimum absolute atomic E-state index is 0.00973. The van der Waals surface area contributed by atoms with Gasteiger partial charge in [0, 0.05) is 16.8 Å². The normalized spacial score (nSPS) is 10.5. The summed E-state index contributed by atoms with van der Waals surface area (Å²) in [6.45, 7) is 3.81. The fraction of sp³-hybridized carbons (Fsp3) is 0.143. The molecule has 0 aliphatic carbocycles. The summed E-state index contributed by atoms with van der Waals surface area (Å²) in [5, 5.41) is 5.27. The third-order valence-electron chi connectivity index (χ3n) is 3.91. The van der Waals surface area contributed by atoms with E-state index >= 15 is 0 Å². The van der Waals surface area contributed by atoms with Crippen molar-refractivity contribution in [3.63, 3.8) is 0 Å². The van der Waals surface area contributed by atoms with Gasteiger partial charge in [-0.1, -0.05) is 17.7 Å². The highest BCUT2D eigenvalue weighted by molar-refractivity contribution is 7.12. The number of amides is 1. The molecule has 3 aromatic rings. The Bertz CT molecular complexity index is 979. The molecule has 0 spiro atoms. The molecule has 2 aromatic carbocycles. The quantitative estimate of drug-likeness (QED) is 0.537. The summed E-state index contributed by atoms with van der Waals surface area (Å²) in [5.74, 6) is 0.416. The summed E-state index contributed by atoms with van der Waals surface area (Å²) in [7, 11) is 0. The second kappa shape index (κ2) is 8.37. The Morgan fingerprint density at radius 2 is 1.85 bits per heavy atom. The van der Waals surface area contributed by atoms with Crippen molar-refractivity contribution in [2.75, 3.05) is 5.32 Å². The molecule has 0 aliphatic rings. The Kier molecular flexibility index (Phi) is 5.94. The Hall–Kier alpha value is -2.63. The van der Waals surface area contributed by atoms with Crippen molar-refractivity contribution in [3.8, 4) is 5.75 Å². The fourth-order valence-corrected chi connectivity index (χ4v) is 3.40. The number of carbonyl (C=O) groups excluding carboxylic acids is 2. The van der Waals surface area contributed by atoms with Crippen molar-refractivity contribution in [1.82, 2.24) is 0 Å². The van der Waals surface area contributed by atoms with E-state index in [2.05, 4.69) is 5.32 Å².